The molecule has 1 aromatic rings. The van der Waals surface area contributed by atoms with Crippen molar-refractivity contribution in [2.75, 3.05) is 13.6 Å². The molecule has 1 amide bonds. The van der Waals surface area contributed by atoms with E-state index in [2.05, 4.69) is 6.07 Å². The number of amides is 1. The third kappa shape index (κ3) is 2.85. The van der Waals surface area contributed by atoms with Crippen molar-refractivity contribution in [3.63, 3.8) is 0 Å². The first-order valence-corrected chi connectivity index (χ1v) is 4.63. The summed E-state index contributed by atoms with van der Waals surface area (Å²) in [5.41, 5.74) is 7.60. The molecule has 0 saturated heterocycles. The number of carbonyl (C=O) groups is 1. The number of nitrogens with two attached hydrogens (primary N) is 1. The highest BCUT2D eigenvalue weighted by Crippen LogP contribution is 2.06. The normalized spacial score (nSPS) is 9.93. The van der Waals surface area contributed by atoms with Gasteiger partial charge in [0.15, 0.2) is 0 Å². The lowest BCUT2D eigenvalue weighted by Crippen LogP contribution is -2.32. The van der Waals surface area contributed by atoms with Crippen molar-refractivity contribution in [3.8, 4) is 0 Å². The van der Waals surface area contributed by atoms with Gasteiger partial charge in [0.25, 0.3) is 0 Å². The van der Waals surface area contributed by atoms with Crippen LogP contribution in [0.2, 0.25) is 0 Å². The van der Waals surface area contributed by atoms with E-state index in [1.54, 1.807) is 11.9 Å². The number of hydrogen-bond acceptors (Lipinski definition) is 2. The van der Waals surface area contributed by atoms with Gasteiger partial charge in [-0.15, -0.1) is 0 Å². The Hall–Kier alpha value is -1.35. The lowest BCUT2D eigenvalue weighted by atomic mass is 10.1. The second-order valence-corrected chi connectivity index (χ2v) is 3.44. The zero-order valence-corrected chi connectivity index (χ0v) is 8.66. The molecule has 0 aromatic heterocycles. The van der Waals surface area contributed by atoms with Gasteiger partial charge in [-0.25, -0.2) is 0 Å². The Labute approximate surface area is 84.5 Å². The van der Waals surface area contributed by atoms with Crippen LogP contribution >= 0.6 is 0 Å². The third-order valence-electron chi connectivity index (χ3n) is 2.10. The molecule has 1 aromatic carbocycles. The van der Waals surface area contributed by atoms with Crippen LogP contribution in [-0.4, -0.2) is 24.4 Å². The van der Waals surface area contributed by atoms with Gasteiger partial charge in [-0.05, 0) is 12.5 Å². The van der Waals surface area contributed by atoms with Crippen molar-refractivity contribution >= 4 is 5.91 Å². The van der Waals surface area contributed by atoms with E-state index in [0.717, 1.165) is 5.56 Å². The van der Waals surface area contributed by atoms with Gasteiger partial charge in [0.05, 0.1) is 6.54 Å². The van der Waals surface area contributed by atoms with Gasteiger partial charge < -0.3 is 10.6 Å². The first-order valence-electron chi connectivity index (χ1n) is 4.63. The van der Waals surface area contributed by atoms with Crippen molar-refractivity contribution < 1.29 is 4.79 Å². The number of nitrogens with zero attached hydrogens (tertiary/aromatic N) is 1. The lowest BCUT2D eigenvalue weighted by molar-refractivity contribution is -0.128. The highest BCUT2D eigenvalue weighted by molar-refractivity contribution is 5.77. The average Bonchev–Trinajstić information content (AvgIpc) is 2.16. The van der Waals surface area contributed by atoms with E-state index in [1.807, 2.05) is 25.1 Å². The van der Waals surface area contributed by atoms with Crippen LogP contribution in [0.5, 0.6) is 0 Å². The molecule has 3 nitrogen and oxygen atoms in total. The van der Waals surface area contributed by atoms with E-state index in [9.17, 15) is 4.79 Å². The SMILES string of the molecule is Cc1cccc(CN(C)C(=O)CN)c1. The number of rotatable bonds is 3. The van der Waals surface area contributed by atoms with Gasteiger partial charge in [-0.1, -0.05) is 29.8 Å². The Morgan fingerprint density at radius 1 is 1.50 bits per heavy atom. The number of hydrogen-bond donors (Lipinski definition) is 1. The molecule has 0 unspecified atom stereocenters. The molecule has 0 heterocycles. The van der Waals surface area contributed by atoms with Crippen LogP contribution in [0.3, 0.4) is 0 Å². The van der Waals surface area contributed by atoms with Gasteiger partial charge in [0.1, 0.15) is 0 Å². The third-order valence-corrected chi connectivity index (χ3v) is 2.10. The van der Waals surface area contributed by atoms with E-state index in [0.29, 0.717) is 6.54 Å². The summed E-state index contributed by atoms with van der Waals surface area (Å²) in [6, 6.07) is 8.10. The Bertz CT molecular complexity index is 323. The van der Waals surface area contributed by atoms with E-state index >= 15 is 0 Å². The average molecular weight is 192 g/mol. The van der Waals surface area contributed by atoms with Gasteiger partial charge >= 0.3 is 0 Å². The van der Waals surface area contributed by atoms with Crippen LogP contribution in [0.1, 0.15) is 11.1 Å². The molecule has 76 valence electrons. The zero-order chi connectivity index (χ0) is 10.6. The Morgan fingerprint density at radius 3 is 2.79 bits per heavy atom. The summed E-state index contributed by atoms with van der Waals surface area (Å²) in [6.07, 6.45) is 0. The van der Waals surface area contributed by atoms with Crippen molar-refractivity contribution in [2.24, 2.45) is 5.73 Å². The molecular formula is C11H16N2O. The molecule has 0 aliphatic heterocycles. The molecule has 0 aliphatic rings. The molecule has 0 radical (unpaired) electrons. The van der Waals surface area contributed by atoms with Gasteiger partial charge in [0.2, 0.25) is 5.91 Å². The summed E-state index contributed by atoms with van der Waals surface area (Å²) in [6.45, 7) is 2.73. The highest BCUT2D eigenvalue weighted by atomic mass is 16.2. The number of carbonyl (C=O) groups excluding carboxylic acids is 1. The quantitative estimate of drug-likeness (QED) is 0.773. The number of likely N-dealkylation sites (N-methyl/N-ethyl adjacent to an activating group) is 1. The lowest BCUT2D eigenvalue weighted by Gasteiger charge is -2.16. The Kier molecular flexibility index (Phi) is 3.65. The fourth-order valence-corrected chi connectivity index (χ4v) is 1.33. The molecular weight excluding hydrogens is 176 g/mol. The topological polar surface area (TPSA) is 46.3 Å². The summed E-state index contributed by atoms with van der Waals surface area (Å²) in [5, 5.41) is 0. The largest absolute Gasteiger partial charge is 0.340 e. The molecule has 0 spiro atoms. The van der Waals surface area contributed by atoms with Gasteiger partial charge in [-0.2, -0.15) is 0 Å². The summed E-state index contributed by atoms with van der Waals surface area (Å²) >= 11 is 0. The Morgan fingerprint density at radius 2 is 2.21 bits per heavy atom. The number of benzene rings is 1. The minimum atomic E-state index is -0.0356. The molecule has 1 rings (SSSR count). The summed E-state index contributed by atoms with van der Waals surface area (Å²) in [7, 11) is 1.76. The predicted octanol–water partition coefficient (Wildman–Crippen LogP) is 0.912. The first kappa shape index (κ1) is 10.7. The van der Waals surface area contributed by atoms with E-state index < -0.39 is 0 Å². The molecule has 2 N–H and O–H groups in total. The minimum Gasteiger partial charge on any atom is -0.340 e. The summed E-state index contributed by atoms with van der Waals surface area (Å²) in [5.74, 6) is -0.0356. The molecule has 3 heteroatoms. The maximum absolute atomic E-state index is 11.2. The van der Waals surface area contributed by atoms with Crippen LogP contribution in [-0.2, 0) is 11.3 Å². The van der Waals surface area contributed by atoms with Crippen molar-refractivity contribution in [2.45, 2.75) is 13.5 Å². The van der Waals surface area contributed by atoms with Crippen LogP contribution in [0.25, 0.3) is 0 Å². The molecule has 0 bridgehead atoms. The van der Waals surface area contributed by atoms with Gasteiger partial charge in [0, 0.05) is 13.6 Å². The molecule has 0 aliphatic carbocycles. The van der Waals surface area contributed by atoms with Crippen LogP contribution in [0.15, 0.2) is 24.3 Å². The van der Waals surface area contributed by atoms with Crippen LogP contribution < -0.4 is 5.73 Å². The Balaban J connectivity index is 2.64. The fraction of sp³-hybridized carbons (Fsp3) is 0.364. The fourth-order valence-electron chi connectivity index (χ4n) is 1.33. The summed E-state index contributed by atoms with van der Waals surface area (Å²) < 4.78 is 0. The van der Waals surface area contributed by atoms with Crippen molar-refractivity contribution in [1.82, 2.24) is 4.90 Å². The monoisotopic (exact) mass is 192 g/mol. The van der Waals surface area contributed by atoms with E-state index in [4.69, 9.17) is 5.73 Å². The van der Waals surface area contributed by atoms with Crippen LogP contribution in [0, 0.1) is 6.92 Å². The second-order valence-electron chi connectivity index (χ2n) is 3.44. The molecule has 14 heavy (non-hydrogen) atoms. The van der Waals surface area contributed by atoms with E-state index in [-0.39, 0.29) is 12.5 Å². The van der Waals surface area contributed by atoms with E-state index in [1.165, 1.54) is 5.56 Å². The first-order chi connectivity index (χ1) is 6.63. The maximum Gasteiger partial charge on any atom is 0.236 e. The zero-order valence-electron chi connectivity index (χ0n) is 8.66. The highest BCUT2D eigenvalue weighted by Gasteiger charge is 2.06. The second kappa shape index (κ2) is 4.77. The predicted molar refractivity (Wildman–Crippen MR) is 56.7 cm³/mol. The van der Waals surface area contributed by atoms with Gasteiger partial charge in [-0.3, -0.25) is 4.79 Å². The number of aryl methyl sites for hydroxylation is 1. The van der Waals surface area contributed by atoms with Crippen LogP contribution in [0.4, 0.5) is 0 Å². The maximum atomic E-state index is 11.2. The van der Waals surface area contributed by atoms with Crippen molar-refractivity contribution in [1.29, 1.82) is 0 Å². The minimum absolute atomic E-state index is 0.0356. The molecule has 0 saturated carbocycles. The molecule has 0 atom stereocenters. The standard InChI is InChI=1S/C11H16N2O/c1-9-4-3-5-10(6-9)8-13(2)11(14)7-12/h3-6H,7-8,12H2,1-2H3. The molecule has 0 fully saturated rings. The van der Waals surface area contributed by atoms with Crippen molar-refractivity contribution in [3.05, 3.63) is 35.4 Å². The smallest absolute Gasteiger partial charge is 0.236 e. The summed E-state index contributed by atoms with van der Waals surface area (Å²) in [4.78, 5) is 12.8.